The van der Waals surface area contributed by atoms with Crippen LogP contribution in [0.4, 0.5) is 0 Å². The summed E-state index contributed by atoms with van der Waals surface area (Å²) in [5, 5.41) is 9.47. The highest BCUT2D eigenvalue weighted by Crippen LogP contribution is 2.36. The van der Waals surface area contributed by atoms with Crippen LogP contribution in [0.2, 0.25) is 0 Å². The molecular formula is C14H26O5. The highest BCUT2D eigenvalue weighted by atomic mass is 16.6. The average molecular weight is 274 g/mol. The summed E-state index contributed by atoms with van der Waals surface area (Å²) >= 11 is 0. The monoisotopic (exact) mass is 274 g/mol. The molecule has 0 spiro atoms. The molecule has 1 saturated heterocycles. The summed E-state index contributed by atoms with van der Waals surface area (Å²) in [5.41, 5.74) is 0. The Kier molecular flexibility index (Phi) is 6.75. The minimum Gasteiger partial charge on any atom is -0.463 e. The van der Waals surface area contributed by atoms with Gasteiger partial charge in [-0.15, -0.1) is 0 Å². The summed E-state index contributed by atoms with van der Waals surface area (Å²) in [4.78, 5) is 10.9. The summed E-state index contributed by atoms with van der Waals surface area (Å²) in [5.74, 6) is 0.0382. The number of carbonyl (C=O) groups excluding carboxylic acids is 1. The lowest BCUT2D eigenvalue weighted by Crippen LogP contribution is -2.54. The Labute approximate surface area is 115 Å². The van der Waals surface area contributed by atoms with Crippen molar-refractivity contribution in [2.75, 3.05) is 20.3 Å². The van der Waals surface area contributed by atoms with Gasteiger partial charge in [0, 0.05) is 25.9 Å². The zero-order chi connectivity index (χ0) is 14.4. The Morgan fingerprint density at radius 3 is 2.21 bits per heavy atom. The van der Waals surface area contributed by atoms with Crippen LogP contribution in [0.3, 0.4) is 0 Å². The minimum absolute atomic E-state index is 0.0291. The highest BCUT2D eigenvalue weighted by molar-refractivity contribution is 5.65. The van der Waals surface area contributed by atoms with Crippen LogP contribution in [-0.4, -0.2) is 49.7 Å². The molecule has 1 heterocycles. The summed E-state index contributed by atoms with van der Waals surface area (Å²) in [6.07, 6.45) is 1.35. The smallest absolute Gasteiger partial charge is 0.302 e. The van der Waals surface area contributed by atoms with E-state index in [0.29, 0.717) is 0 Å². The van der Waals surface area contributed by atoms with Gasteiger partial charge in [-0.1, -0.05) is 13.8 Å². The van der Waals surface area contributed by atoms with Gasteiger partial charge in [-0.2, -0.15) is 0 Å². The number of hydrogen-bond donors (Lipinski definition) is 1. The summed E-state index contributed by atoms with van der Waals surface area (Å²) in [6.45, 7) is 5.72. The van der Waals surface area contributed by atoms with Crippen LogP contribution in [-0.2, 0) is 19.0 Å². The van der Waals surface area contributed by atoms with E-state index in [9.17, 15) is 9.90 Å². The Hall–Kier alpha value is -0.650. The van der Waals surface area contributed by atoms with E-state index in [4.69, 9.17) is 14.2 Å². The van der Waals surface area contributed by atoms with E-state index < -0.39 is 0 Å². The van der Waals surface area contributed by atoms with Gasteiger partial charge < -0.3 is 19.3 Å². The Balaban J connectivity index is 2.82. The Morgan fingerprint density at radius 2 is 1.79 bits per heavy atom. The van der Waals surface area contributed by atoms with Crippen molar-refractivity contribution in [1.82, 2.24) is 0 Å². The normalized spacial score (nSPS) is 35.1. The maximum Gasteiger partial charge on any atom is 0.302 e. The molecule has 0 aromatic carbocycles. The number of aliphatic hydroxyl groups excluding tert-OH is 1. The molecule has 19 heavy (non-hydrogen) atoms. The molecule has 1 rings (SSSR count). The molecule has 0 bridgehead atoms. The first-order chi connectivity index (χ1) is 9.08. The fourth-order valence-electron chi connectivity index (χ4n) is 3.05. The van der Waals surface area contributed by atoms with E-state index in [1.54, 1.807) is 7.11 Å². The molecule has 1 aliphatic rings. The molecule has 0 aromatic heterocycles. The number of aliphatic hydroxyl groups is 1. The molecule has 0 saturated carbocycles. The summed E-state index contributed by atoms with van der Waals surface area (Å²) < 4.78 is 16.6. The third-order valence-corrected chi connectivity index (χ3v) is 3.99. The standard InChI is InChI=1S/C14H26O5/c1-5-10-12(7-15)19-13(8-18-9(3)16)11(6-2)14(10)17-4/h10-15H,5-8H2,1-4H3/t10-,11+,12+,13-,14-/m1/s1. The molecule has 5 heteroatoms. The lowest BCUT2D eigenvalue weighted by atomic mass is 9.78. The topological polar surface area (TPSA) is 65.0 Å². The van der Waals surface area contributed by atoms with Gasteiger partial charge in [0.2, 0.25) is 0 Å². The molecule has 0 aliphatic carbocycles. The average Bonchev–Trinajstić information content (AvgIpc) is 2.42. The van der Waals surface area contributed by atoms with E-state index in [0.717, 1.165) is 12.8 Å². The fourth-order valence-corrected chi connectivity index (χ4v) is 3.05. The second kappa shape index (κ2) is 7.82. The molecule has 1 aliphatic heterocycles. The SMILES string of the molecule is CC[C@@H]1[C@H](OC)[C@H](CC)[C@H](CO)O[C@@H]1COC(C)=O. The van der Waals surface area contributed by atoms with Gasteiger partial charge in [0.1, 0.15) is 6.61 Å². The molecule has 0 unspecified atom stereocenters. The lowest BCUT2D eigenvalue weighted by Gasteiger charge is -2.45. The van der Waals surface area contributed by atoms with Crippen LogP contribution in [0.1, 0.15) is 33.6 Å². The summed E-state index contributed by atoms with van der Waals surface area (Å²) in [6, 6.07) is 0. The van der Waals surface area contributed by atoms with Crippen LogP contribution in [0, 0.1) is 11.8 Å². The zero-order valence-corrected chi connectivity index (χ0v) is 12.3. The number of hydrogen-bond acceptors (Lipinski definition) is 5. The molecule has 112 valence electrons. The minimum atomic E-state index is -0.314. The van der Waals surface area contributed by atoms with Gasteiger partial charge >= 0.3 is 5.97 Å². The van der Waals surface area contributed by atoms with Crippen molar-refractivity contribution in [1.29, 1.82) is 0 Å². The van der Waals surface area contributed by atoms with Crippen LogP contribution in [0.15, 0.2) is 0 Å². The van der Waals surface area contributed by atoms with Crippen molar-refractivity contribution >= 4 is 5.97 Å². The lowest BCUT2D eigenvalue weighted by molar-refractivity contribution is -0.206. The van der Waals surface area contributed by atoms with Gasteiger partial charge in [-0.3, -0.25) is 4.79 Å². The van der Waals surface area contributed by atoms with Crippen LogP contribution < -0.4 is 0 Å². The van der Waals surface area contributed by atoms with Crippen LogP contribution in [0.25, 0.3) is 0 Å². The van der Waals surface area contributed by atoms with E-state index in [2.05, 4.69) is 13.8 Å². The maximum absolute atomic E-state index is 10.9. The van der Waals surface area contributed by atoms with E-state index in [1.807, 2.05) is 0 Å². The van der Waals surface area contributed by atoms with Gasteiger partial charge in [-0.25, -0.2) is 0 Å². The second-order valence-electron chi connectivity index (χ2n) is 5.04. The third kappa shape index (κ3) is 3.91. The number of ether oxygens (including phenoxy) is 3. The van der Waals surface area contributed by atoms with Crippen molar-refractivity contribution in [3.8, 4) is 0 Å². The van der Waals surface area contributed by atoms with Crippen molar-refractivity contribution in [2.45, 2.75) is 51.9 Å². The van der Waals surface area contributed by atoms with Gasteiger partial charge in [0.25, 0.3) is 0 Å². The largest absolute Gasteiger partial charge is 0.463 e. The fraction of sp³-hybridized carbons (Fsp3) is 0.929. The van der Waals surface area contributed by atoms with Crippen molar-refractivity contribution in [2.24, 2.45) is 11.8 Å². The first-order valence-electron chi connectivity index (χ1n) is 7.01. The molecule has 0 amide bonds. The van der Waals surface area contributed by atoms with Crippen LogP contribution in [0.5, 0.6) is 0 Å². The molecule has 0 radical (unpaired) electrons. The van der Waals surface area contributed by atoms with Gasteiger partial charge in [0.05, 0.1) is 24.9 Å². The number of carbonyl (C=O) groups is 1. The van der Waals surface area contributed by atoms with Crippen molar-refractivity contribution in [3.05, 3.63) is 0 Å². The molecule has 1 N–H and O–H groups in total. The highest BCUT2D eigenvalue weighted by Gasteiger charge is 2.44. The Morgan fingerprint density at radius 1 is 1.21 bits per heavy atom. The zero-order valence-electron chi connectivity index (χ0n) is 12.3. The third-order valence-electron chi connectivity index (χ3n) is 3.99. The number of esters is 1. The second-order valence-corrected chi connectivity index (χ2v) is 5.04. The van der Waals surface area contributed by atoms with Crippen LogP contribution >= 0.6 is 0 Å². The predicted molar refractivity (Wildman–Crippen MR) is 70.7 cm³/mol. The first-order valence-corrected chi connectivity index (χ1v) is 7.01. The van der Waals surface area contributed by atoms with Crippen molar-refractivity contribution in [3.63, 3.8) is 0 Å². The van der Waals surface area contributed by atoms with Gasteiger partial charge in [0.15, 0.2) is 0 Å². The maximum atomic E-state index is 10.9. The predicted octanol–water partition coefficient (Wildman–Crippen LogP) is 1.38. The quantitative estimate of drug-likeness (QED) is 0.741. The number of methoxy groups -OCH3 is 1. The number of rotatable bonds is 6. The van der Waals surface area contributed by atoms with E-state index in [1.165, 1.54) is 6.92 Å². The molecule has 0 aromatic rings. The van der Waals surface area contributed by atoms with Crippen molar-refractivity contribution < 1.29 is 24.1 Å². The Bertz CT molecular complexity index is 281. The summed E-state index contributed by atoms with van der Waals surface area (Å²) in [7, 11) is 1.69. The van der Waals surface area contributed by atoms with E-state index in [-0.39, 0.29) is 49.3 Å². The molecule has 1 fully saturated rings. The van der Waals surface area contributed by atoms with Gasteiger partial charge in [-0.05, 0) is 12.8 Å². The molecule has 5 atom stereocenters. The molecule has 5 nitrogen and oxygen atoms in total. The van der Waals surface area contributed by atoms with E-state index >= 15 is 0 Å². The molecular weight excluding hydrogens is 248 g/mol. The first kappa shape index (κ1) is 16.4.